The minimum atomic E-state index is 0. The van der Waals surface area contributed by atoms with E-state index >= 15 is 0 Å². The molecule has 1 amide bonds. The van der Waals surface area contributed by atoms with Gasteiger partial charge in [0.05, 0.1) is 12.5 Å². The smallest absolute Gasteiger partial charge is 0.224 e. The van der Waals surface area contributed by atoms with E-state index in [0.29, 0.717) is 6.54 Å². The van der Waals surface area contributed by atoms with Gasteiger partial charge in [-0.2, -0.15) is 0 Å². The predicted molar refractivity (Wildman–Crippen MR) is 82.2 cm³/mol. The van der Waals surface area contributed by atoms with E-state index < -0.39 is 0 Å². The Labute approximate surface area is 128 Å². The van der Waals surface area contributed by atoms with Crippen molar-refractivity contribution in [3.05, 3.63) is 0 Å². The summed E-state index contributed by atoms with van der Waals surface area (Å²) in [5.41, 5.74) is 5.89. The fourth-order valence-electron chi connectivity index (χ4n) is 2.17. The van der Waals surface area contributed by atoms with E-state index in [1.165, 1.54) is 0 Å². The van der Waals surface area contributed by atoms with E-state index in [2.05, 4.69) is 10.2 Å². The van der Waals surface area contributed by atoms with E-state index in [1.807, 2.05) is 7.05 Å². The van der Waals surface area contributed by atoms with E-state index in [-0.39, 0.29) is 42.7 Å². The fourth-order valence-corrected chi connectivity index (χ4v) is 2.17. The molecule has 5 nitrogen and oxygen atoms in total. The quantitative estimate of drug-likeness (QED) is 0.724. The first kappa shape index (κ1) is 21.2. The van der Waals surface area contributed by atoms with Crippen molar-refractivity contribution in [2.24, 2.45) is 11.7 Å². The zero-order valence-electron chi connectivity index (χ0n) is 11.8. The van der Waals surface area contributed by atoms with Gasteiger partial charge in [0.15, 0.2) is 0 Å². The molecular formula is C12H27Cl2N3O2. The molecule has 2 unspecified atom stereocenters. The van der Waals surface area contributed by atoms with Crippen LogP contribution < -0.4 is 11.1 Å². The Morgan fingerprint density at radius 2 is 2.05 bits per heavy atom. The first-order valence-corrected chi connectivity index (χ1v) is 6.36. The van der Waals surface area contributed by atoms with Crippen LogP contribution in [0.2, 0.25) is 0 Å². The molecule has 1 aliphatic carbocycles. The number of amides is 1. The Balaban J connectivity index is 0. The van der Waals surface area contributed by atoms with Gasteiger partial charge in [-0.25, -0.2) is 0 Å². The molecule has 0 aromatic heterocycles. The van der Waals surface area contributed by atoms with Crippen LogP contribution in [0.15, 0.2) is 0 Å². The van der Waals surface area contributed by atoms with Crippen molar-refractivity contribution in [1.29, 1.82) is 0 Å². The summed E-state index contributed by atoms with van der Waals surface area (Å²) in [6, 6.07) is 0.0567. The number of halogens is 2. The molecule has 1 fully saturated rings. The highest BCUT2D eigenvalue weighted by atomic mass is 35.5. The maximum atomic E-state index is 11.8. The Morgan fingerprint density at radius 3 is 2.58 bits per heavy atom. The second-order valence-corrected chi connectivity index (χ2v) is 4.79. The van der Waals surface area contributed by atoms with Crippen molar-refractivity contribution in [1.82, 2.24) is 10.2 Å². The highest BCUT2D eigenvalue weighted by Gasteiger charge is 2.29. The Kier molecular flexibility index (Phi) is 13.1. The van der Waals surface area contributed by atoms with Gasteiger partial charge in [0.1, 0.15) is 0 Å². The van der Waals surface area contributed by atoms with Gasteiger partial charge in [0.25, 0.3) is 0 Å². The molecule has 19 heavy (non-hydrogen) atoms. The van der Waals surface area contributed by atoms with Gasteiger partial charge in [-0.05, 0) is 19.9 Å². The summed E-state index contributed by atoms with van der Waals surface area (Å²) in [5.74, 6) is 0.148. The summed E-state index contributed by atoms with van der Waals surface area (Å²) in [6.45, 7) is 3.13. The van der Waals surface area contributed by atoms with Crippen LogP contribution in [0, 0.1) is 5.92 Å². The van der Waals surface area contributed by atoms with Crippen molar-refractivity contribution in [2.45, 2.75) is 25.3 Å². The van der Waals surface area contributed by atoms with Crippen LogP contribution in [0.1, 0.15) is 19.3 Å². The van der Waals surface area contributed by atoms with Crippen LogP contribution in [-0.2, 0) is 9.53 Å². The summed E-state index contributed by atoms with van der Waals surface area (Å²) in [7, 11) is 3.71. The molecule has 1 rings (SSSR count). The number of carbonyl (C=O) groups is 1. The molecular weight excluding hydrogens is 289 g/mol. The van der Waals surface area contributed by atoms with E-state index in [4.69, 9.17) is 10.5 Å². The lowest BCUT2D eigenvalue weighted by Crippen LogP contribution is -2.41. The Hall–Kier alpha value is -0.0700. The highest BCUT2D eigenvalue weighted by molar-refractivity contribution is 5.85. The second-order valence-electron chi connectivity index (χ2n) is 4.79. The molecule has 0 aliphatic heterocycles. The van der Waals surface area contributed by atoms with Crippen LogP contribution in [0.4, 0.5) is 0 Å². The summed E-state index contributed by atoms with van der Waals surface area (Å²) >= 11 is 0. The first-order valence-electron chi connectivity index (χ1n) is 6.36. The maximum absolute atomic E-state index is 11.8. The standard InChI is InChI=1S/C12H25N3O2.2ClH/c1-15(8-9-17-2)7-6-14-12(16)10-4-3-5-11(10)13;;/h10-11H,3-9,13H2,1-2H3,(H,14,16);2*1H. The van der Waals surface area contributed by atoms with E-state index in [0.717, 1.165) is 39.0 Å². The summed E-state index contributed by atoms with van der Waals surface area (Å²) in [6.07, 6.45) is 2.99. The Morgan fingerprint density at radius 1 is 1.37 bits per heavy atom. The molecule has 116 valence electrons. The molecule has 7 heteroatoms. The number of carbonyl (C=O) groups excluding carboxylic acids is 1. The van der Waals surface area contributed by atoms with E-state index in [9.17, 15) is 4.79 Å². The average molecular weight is 316 g/mol. The van der Waals surface area contributed by atoms with Gasteiger partial charge in [-0.15, -0.1) is 24.8 Å². The molecule has 0 aromatic rings. The number of nitrogens with zero attached hydrogens (tertiary/aromatic N) is 1. The van der Waals surface area contributed by atoms with Gasteiger partial charge in [0, 0.05) is 32.8 Å². The number of nitrogens with one attached hydrogen (secondary N) is 1. The van der Waals surface area contributed by atoms with Crippen molar-refractivity contribution < 1.29 is 9.53 Å². The van der Waals surface area contributed by atoms with Crippen LogP contribution in [0.3, 0.4) is 0 Å². The molecule has 0 saturated heterocycles. The number of ether oxygens (including phenoxy) is 1. The minimum absolute atomic E-state index is 0. The van der Waals surface area contributed by atoms with Crippen molar-refractivity contribution in [3.8, 4) is 0 Å². The van der Waals surface area contributed by atoms with Crippen LogP contribution >= 0.6 is 24.8 Å². The predicted octanol–water partition coefficient (Wildman–Crippen LogP) is 0.652. The topological polar surface area (TPSA) is 67.6 Å². The first-order chi connectivity index (χ1) is 8.15. The van der Waals surface area contributed by atoms with Gasteiger partial charge in [-0.1, -0.05) is 6.42 Å². The third kappa shape index (κ3) is 7.95. The van der Waals surface area contributed by atoms with Crippen LogP contribution in [0.5, 0.6) is 0 Å². The largest absolute Gasteiger partial charge is 0.383 e. The van der Waals surface area contributed by atoms with Gasteiger partial charge >= 0.3 is 0 Å². The summed E-state index contributed by atoms with van der Waals surface area (Å²) in [5, 5.41) is 2.96. The Bertz CT molecular complexity index is 245. The van der Waals surface area contributed by atoms with Crippen molar-refractivity contribution in [3.63, 3.8) is 0 Å². The molecule has 2 atom stereocenters. The number of rotatable bonds is 7. The van der Waals surface area contributed by atoms with Gasteiger partial charge in [0.2, 0.25) is 5.91 Å². The third-order valence-electron chi connectivity index (χ3n) is 3.38. The highest BCUT2D eigenvalue weighted by Crippen LogP contribution is 2.23. The SMILES string of the molecule is COCCN(C)CCNC(=O)C1CCCC1N.Cl.Cl. The van der Waals surface area contributed by atoms with E-state index in [1.54, 1.807) is 7.11 Å². The molecule has 1 aliphatic rings. The zero-order chi connectivity index (χ0) is 12.7. The van der Waals surface area contributed by atoms with Crippen molar-refractivity contribution in [2.75, 3.05) is 40.4 Å². The lowest BCUT2D eigenvalue weighted by molar-refractivity contribution is -0.125. The average Bonchev–Trinajstić information content (AvgIpc) is 2.72. The number of nitrogens with two attached hydrogens (primary N) is 1. The lowest BCUT2D eigenvalue weighted by Gasteiger charge is -2.18. The number of likely N-dealkylation sites (N-methyl/N-ethyl adjacent to an activating group) is 1. The molecule has 0 aromatic carbocycles. The van der Waals surface area contributed by atoms with Crippen LogP contribution in [-0.4, -0.2) is 57.2 Å². The zero-order valence-corrected chi connectivity index (χ0v) is 13.4. The fraction of sp³-hybridized carbons (Fsp3) is 0.917. The number of methoxy groups -OCH3 is 1. The summed E-state index contributed by atoms with van der Waals surface area (Å²) in [4.78, 5) is 14.0. The maximum Gasteiger partial charge on any atom is 0.224 e. The summed E-state index contributed by atoms with van der Waals surface area (Å²) < 4.78 is 4.99. The molecule has 0 heterocycles. The molecule has 1 saturated carbocycles. The third-order valence-corrected chi connectivity index (χ3v) is 3.38. The van der Waals surface area contributed by atoms with Gasteiger partial charge in [-0.3, -0.25) is 4.79 Å². The number of hydrogen-bond acceptors (Lipinski definition) is 4. The molecule has 0 radical (unpaired) electrons. The molecule has 3 N–H and O–H groups in total. The second kappa shape index (κ2) is 11.7. The monoisotopic (exact) mass is 315 g/mol. The number of hydrogen-bond donors (Lipinski definition) is 2. The normalized spacial score (nSPS) is 21.7. The van der Waals surface area contributed by atoms with Crippen LogP contribution in [0.25, 0.3) is 0 Å². The lowest BCUT2D eigenvalue weighted by atomic mass is 10.0. The molecule has 0 bridgehead atoms. The van der Waals surface area contributed by atoms with Gasteiger partial charge < -0.3 is 20.7 Å². The van der Waals surface area contributed by atoms with Crippen molar-refractivity contribution >= 4 is 30.7 Å². The minimum Gasteiger partial charge on any atom is -0.383 e. The molecule has 0 spiro atoms.